The lowest BCUT2D eigenvalue weighted by Gasteiger charge is -2.34. The van der Waals surface area contributed by atoms with E-state index in [1.165, 1.54) is 0 Å². The molecule has 6 nitrogen and oxygen atoms in total. The van der Waals surface area contributed by atoms with Crippen LogP contribution in [-0.2, 0) is 11.3 Å². The predicted octanol–water partition coefficient (Wildman–Crippen LogP) is -0.187. The monoisotopic (exact) mass is 284 g/mol. The second-order valence-electron chi connectivity index (χ2n) is 4.64. The van der Waals surface area contributed by atoms with Crippen LogP contribution in [0.25, 0.3) is 0 Å². The molecule has 0 aliphatic carbocycles. The van der Waals surface area contributed by atoms with Crippen molar-refractivity contribution in [3.8, 4) is 0 Å². The van der Waals surface area contributed by atoms with E-state index < -0.39 is 17.5 Å². The summed E-state index contributed by atoms with van der Waals surface area (Å²) in [6, 6.07) is 7.27. The third-order valence-corrected chi connectivity index (χ3v) is 3.70. The number of aliphatic hydroxyl groups excluding tert-OH is 1. The first-order chi connectivity index (χ1) is 9.06. The fourth-order valence-electron chi connectivity index (χ4n) is 2.09. The third-order valence-electron chi connectivity index (χ3n) is 3.29. The fourth-order valence-corrected chi connectivity index (χ4v) is 2.41. The number of aliphatic hydroxyl groups is 1. The van der Waals surface area contributed by atoms with Crippen LogP contribution in [-0.4, -0.2) is 52.0 Å². The van der Waals surface area contributed by atoms with E-state index in [1.54, 1.807) is 12.1 Å². The van der Waals surface area contributed by atoms with Gasteiger partial charge in [-0.2, -0.15) is 0 Å². The SMILES string of the molecule is CN1CCN(c2ccc(C(O)NS(=O)[O-])cc2)CC1. The number of likely N-dealkylation sites (N-methyl/N-ethyl adjacent to an activating group) is 1. The van der Waals surface area contributed by atoms with Crippen molar-refractivity contribution in [1.29, 1.82) is 0 Å². The highest BCUT2D eigenvalue weighted by molar-refractivity contribution is 7.77. The normalized spacial score (nSPS) is 20.3. The quantitative estimate of drug-likeness (QED) is 0.592. The van der Waals surface area contributed by atoms with E-state index in [4.69, 9.17) is 0 Å². The van der Waals surface area contributed by atoms with Crippen LogP contribution in [0.2, 0.25) is 0 Å². The fraction of sp³-hybridized carbons (Fsp3) is 0.500. The Balaban J connectivity index is 2.00. The van der Waals surface area contributed by atoms with Gasteiger partial charge in [0, 0.05) is 43.1 Å². The lowest BCUT2D eigenvalue weighted by Crippen LogP contribution is -2.44. The molecule has 0 radical (unpaired) electrons. The molecule has 1 aliphatic rings. The number of hydrogen-bond donors (Lipinski definition) is 2. The third kappa shape index (κ3) is 3.99. The van der Waals surface area contributed by atoms with Gasteiger partial charge >= 0.3 is 0 Å². The van der Waals surface area contributed by atoms with Crippen LogP contribution in [0.4, 0.5) is 5.69 Å². The molecule has 1 fully saturated rings. The number of nitrogens with zero attached hydrogens (tertiary/aromatic N) is 2. The number of rotatable bonds is 4. The zero-order valence-corrected chi connectivity index (χ0v) is 11.6. The van der Waals surface area contributed by atoms with Gasteiger partial charge in [-0.25, -0.2) is 4.72 Å². The van der Waals surface area contributed by atoms with Crippen LogP contribution in [0.15, 0.2) is 24.3 Å². The summed E-state index contributed by atoms with van der Waals surface area (Å²) in [7, 11) is 2.10. The molecule has 1 saturated heterocycles. The van der Waals surface area contributed by atoms with Crippen molar-refractivity contribution in [1.82, 2.24) is 9.62 Å². The van der Waals surface area contributed by atoms with Crippen molar-refractivity contribution in [2.24, 2.45) is 0 Å². The summed E-state index contributed by atoms with van der Waals surface area (Å²) >= 11 is -2.48. The summed E-state index contributed by atoms with van der Waals surface area (Å²) < 4.78 is 22.9. The van der Waals surface area contributed by atoms with Crippen molar-refractivity contribution in [2.75, 3.05) is 38.1 Å². The first-order valence-corrected chi connectivity index (χ1v) is 7.21. The molecule has 2 unspecified atom stereocenters. The van der Waals surface area contributed by atoms with Crippen molar-refractivity contribution in [3.05, 3.63) is 29.8 Å². The molecular formula is C12H18N3O3S-. The van der Waals surface area contributed by atoms with Crippen LogP contribution in [0.1, 0.15) is 11.8 Å². The molecule has 0 amide bonds. The number of anilines is 1. The van der Waals surface area contributed by atoms with Crippen LogP contribution in [0.5, 0.6) is 0 Å². The molecule has 0 spiro atoms. The molecule has 1 aliphatic heterocycles. The molecule has 2 rings (SSSR count). The zero-order valence-electron chi connectivity index (χ0n) is 10.8. The van der Waals surface area contributed by atoms with Gasteiger partial charge in [0.05, 0.1) is 0 Å². The number of hydrogen-bond acceptors (Lipinski definition) is 5. The number of benzene rings is 1. The van der Waals surface area contributed by atoms with Gasteiger partial charge in [-0.1, -0.05) is 12.1 Å². The second-order valence-corrected chi connectivity index (χ2v) is 5.34. The topological polar surface area (TPSA) is 78.9 Å². The van der Waals surface area contributed by atoms with Gasteiger partial charge in [0.25, 0.3) is 0 Å². The van der Waals surface area contributed by atoms with Gasteiger partial charge in [0.2, 0.25) is 0 Å². The van der Waals surface area contributed by atoms with Crippen molar-refractivity contribution in [2.45, 2.75) is 6.23 Å². The number of nitrogens with one attached hydrogen (secondary N) is 1. The first kappa shape index (κ1) is 14.4. The number of piperazine rings is 1. The molecular weight excluding hydrogens is 266 g/mol. The Kier molecular flexibility index (Phi) is 4.89. The Morgan fingerprint density at radius 2 is 1.84 bits per heavy atom. The Morgan fingerprint density at radius 3 is 2.37 bits per heavy atom. The molecule has 1 aromatic rings. The zero-order chi connectivity index (χ0) is 13.8. The minimum Gasteiger partial charge on any atom is -0.760 e. The van der Waals surface area contributed by atoms with E-state index >= 15 is 0 Å². The van der Waals surface area contributed by atoms with Crippen molar-refractivity contribution in [3.63, 3.8) is 0 Å². The minimum atomic E-state index is -2.48. The average Bonchev–Trinajstić information content (AvgIpc) is 2.39. The first-order valence-electron chi connectivity index (χ1n) is 6.13. The van der Waals surface area contributed by atoms with Crippen LogP contribution in [0.3, 0.4) is 0 Å². The Morgan fingerprint density at radius 1 is 1.26 bits per heavy atom. The minimum absolute atomic E-state index is 0.530. The molecule has 2 N–H and O–H groups in total. The molecule has 1 heterocycles. The highest BCUT2D eigenvalue weighted by Crippen LogP contribution is 2.19. The van der Waals surface area contributed by atoms with Crippen LogP contribution >= 0.6 is 0 Å². The highest BCUT2D eigenvalue weighted by Gasteiger charge is 2.14. The predicted molar refractivity (Wildman–Crippen MR) is 73.2 cm³/mol. The van der Waals surface area contributed by atoms with Gasteiger partial charge in [-0.05, 0) is 24.7 Å². The molecule has 106 valence electrons. The van der Waals surface area contributed by atoms with E-state index in [2.05, 4.69) is 16.8 Å². The van der Waals surface area contributed by atoms with Crippen LogP contribution < -0.4 is 9.62 Å². The Bertz CT molecular complexity index is 432. The summed E-state index contributed by atoms with van der Waals surface area (Å²) in [6.45, 7) is 4.00. The average molecular weight is 284 g/mol. The Labute approximate surface area is 115 Å². The molecule has 0 aromatic heterocycles. The summed E-state index contributed by atoms with van der Waals surface area (Å²) in [4.78, 5) is 4.55. The maximum atomic E-state index is 10.4. The molecule has 0 bridgehead atoms. The maximum Gasteiger partial charge on any atom is 0.140 e. The van der Waals surface area contributed by atoms with Gasteiger partial charge in [-0.15, -0.1) is 0 Å². The van der Waals surface area contributed by atoms with E-state index in [0.29, 0.717) is 5.56 Å². The van der Waals surface area contributed by atoms with Crippen molar-refractivity contribution < 1.29 is 13.9 Å². The summed E-state index contributed by atoms with van der Waals surface area (Å²) in [6.07, 6.45) is -1.19. The summed E-state index contributed by atoms with van der Waals surface area (Å²) in [5, 5.41) is 9.60. The van der Waals surface area contributed by atoms with Crippen molar-refractivity contribution >= 4 is 17.0 Å². The summed E-state index contributed by atoms with van der Waals surface area (Å²) in [5.41, 5.74) is 1.62. The van der Waals surface area contributed by atoms with Crippen LogP contribution in [0, 0.1) is 0 Å². The lowest BCUT2D eigenvalue weighted by atomic mass is 10.1. The van der Waals surface area contributed by atoms with E-state index in [9.17, 15) is 13.9 Å². The largest absolute Gasteiger partial charge is 0.760 e. The molecule has 2 atom stereocenters. The van der Waals surface area contributed by atoms with Gasteiger partial charge in [-0.3, -0.25) is 4.21 Å². The maximum absolute atomic E-state index is 10.4. The van der Waals surface area contributed by atoms with E-state index in [-0.39, 0.29) is 0 Å². The second kappa shape index (κ2) is 6.44. The standard InChI is InChI=1S/C12H19N3O3S/c1-14-6-8-15(9-7-14)11-4-2-10(3-5-11)12(16)13-19(17)18/h2-5,12-13,16H,6-9H2,1H3,(H,17,18)/p-1. The lowest BCUT2D eigenvalue weighted by molar-refractivity contribution is 0.165. The highest BCUT2D eigenvalue weighted by atomic mass is 32.2. The van der Waals surface area contributed by atoms with Gasteiger partial charge in [0.1, 0.15) is 6.23 Å². The molecule has 1 aromatic carbocycles. The smallest absolute Gasteiger partial charge is 0.140 e. The Hall–Kier alpha value is -0.990. The van der Waals surface area contributed by atoms with E-state index in [0.717, 1.165) is 31.9 Å². The van der Waals surface area contributed by atoms with Gasteiger partial charge < -0.3 is 19.5 Å². The summed E-state index contributed by atoms with van der Waals surface area (Å²) in [5.74, 6) is 0. The molecule has 0 saturated carbocycles. The van der Waals surface area contributed by atoms with E-state index in [1.807, 2.05) is 16.9 Å². The van der Waals surface area contributed by atoms with Gasteiger partial charge in [0.15, 0.2) is 0 Å². The molecule has 7 heteroatoms. The molecule has 19 heavy (non-hydrogen) atoms.